The summed E-state index contributed by atoms with van der Waals surface area (Å²) in [5.41, 5.74) is 1.38. The summed E-state index contributed by atoms with van der Waals surface area (Å²) in [5.74, 6) is 0.817. The quantitative estimate of drug-likeness (QED) is 0.781. The molecule has 0 heterocycles. The Labute approximate surface area is 122 Å². The van der Waals surface area contributed by atoms with Gasteiger partial charge >= 0.3 is 0 Å². The van der Waals surface area contributed by atoms with Gasteiger partial charge in [-0.1, -0.05) is 37.6 Å². The fourth-order valence-corrected chi connectivity index (χ4v) is 2.70. The monoisotopic (exact) mass is 280 g/mol. The number of nitrogens with zero attached hydrogens (tertiary/aromatic N) is 1. The van der Waals surface area contributed by atoms with E-state index in [0.29, 0.717) is 6.04 Å². The van der Waals surface area contributed by atoms with Gasteiger partial charge in [0.25, 0.3) is 0 Å². The molecule has 1 fully saturated rings. The van der Waals surface area contributed by atoms with Crippen LogP contribution < -0.4 is 5.32 Å². The molecule has 2 rings (SSSR count). The molecule has 3 heteroatoms. The van der Waals surface area contributed by atoms with E-state index in [0.717, 1.165) is 37.1 Å². The van der Waals surface area contributed by atoms with Crippen LogP contribution in [0.5, 0.6) is 0 Å². The Bertz CT molecular complexity index is 369. The molecule has 19 heavy (non-hydrogen) atoms. The molecule has 1 N–H and O–H groups in total. The molecule has 0 saturated heterocycles. The Morgan fingerprint density at radius 2 is 1.84 bits per heavy atom. The van der Waals surface area contributed by atoms with Gasteiger partial charge in [-0.05, 0) is 49.5 Å². The zero-order valence-corrected chi connectivity index (χ0v) is 12.8. The molecule has 106 valence electrons. The summed E-state index contributed by atoms with van der Waals surface area (Å²) in [6.45, 7) is 8.90. The van der Waals surface area contributed by atoms with Crippen LogP contribution in [0.1, 0.15) is 38.3 Å². The average Bonchev–Trinajstić information content (AvgIpc) is 3.25. The van der Waals surface area contributed by atoms with Crippen LogP contribution in [0.3, 0.4) is 0 Å². The van der Waals surface area contributed by atoms with E-state index >= 15 is 0 Å². The Morgan fingerprint density at radius 1 is 1.21 bits per heavy atom. The van der Waals surface area contributed by atoms with E-state index in [9.17, 15) is 0 Å². The summed E-state index contributed by atoms with van der Waals surface area (Å²) >= 11 is 5.97. The second-order valence-corrected chi connectivity index (χ2v) is 5.78. The van der Waals surface area contributed by atoms with Gasteiger partial charge in [0.1, 0.15) is 0 Å². The minimum Gasteiger partial charge on any atom is -0.308 e. The lowest BCUT2D eigenvalue weighted by Gasteiger charge is -2.23. The van der Waals surface area contributed by atoms with Crippen molar-refractivity contribution >= 4 is 11.6 Å². The van der Waals surface area contributed by atoms with Crippen LogP contribution in [0, 0.1) is 5.92 Å². The number of rotatable bonds is 8. The SMILES string of the molecule is CCN(CC)CCNC(c1ccc(Cl)cc1)C1CC1. The van der Waals surface area contributed by atoms with Crippen LogP contribution in [-0.2, 0) is 0 Å². The summed E-state index contributed by atoms with van der Waals surface area (Å²) in [6, 6.07) is 8.83. The fraction of sp³-hybridized carbons (Fsp3) is 0.625. The van der Waals surface area contributed by atoms with Gasteiger partial charge in [-0.2, -0.15) is 0 Å². The van der Waals surface area contributed by atoms with Crippen molar-refractivity contribution < 1.29 is 0 Å². The number of hydrogen-bond donors (Lipinski definition) is 1. The third kappa shape index (κ3) is 4.48. The number of nitrogens with one attached hydrogen (secondary N) is 1. The molecule has 1 aromatic carbocycles. The largest absolute Gasteiger partial charge is 0.308 e. The Kier molecular flexibility index (Phi) is 5.68. The van der Waals surface area contributed by atoms with Crippen molar-refractivity contribution in [3.8, 4) is 0 Å². The highest BCUT2D eigenvalue weighted by Crippen LogP contribution is 2.41. The third-order valence-corrected chi connectivity index (χ3v) is 4.26. The number of benzene rings is 1. The summed E-state index contributed by atoms with van der Waals surface area (Å²) in [6.07, 6.45) is 2.71. The molecule has 1 aromatic rings. The van der Waals surface area contributed by atoms with Gasteiger partial charge in [0, 0.05) is 24.2 Å². The van der Waals surface area contributed by atoms with Gasteiger partial charge in [-0.25, -0.2) is 0 Å². The van der Waals surface area contributed by atoms with Crippen molar-refractivity contribution in [1.82, 2.24) is 10.2 Å². The van der Waals surface area contributed by atoms with Crippen LogP contribution in [-0.4, -0.2) is 31.1 Å². The lowest BCUT2D eigenvalue weighted by atomic mass is 10.0. The molecule has 0 radical (unpaired) electrons. The summed E-state index contributed by atoms with van der Waals surface area (Å²) < 4.78 is 0. The van der Waals surface area contributed by atoms with Crippen molar-refractivity contribution in [2.45, 2.75) is 32.7 Å². The zero-order valence-electron chi connectivity index (χ0n) is 12.0. The standard InChI is InChI=1S/C16H25ClN2/c1-3-19(4-2)12-11-18-16(13-5-6-13)14-7-9-15(17)10-8-14/h7-10,13,16,18H,3-6,11-12H2,1-2H3. The molecule has 0 aliphatic heterocycles. The second kappa shape index (κ2) is 7.28. The van der Waals surface area contributed by atoms with E-state index in [1.54, 1.807) is 0 Å². The summed E-state index contributed by atoms with van der Waals surface area (Å²) in [5, 5.41) is 4.55. The molecule has 2 nitrogen and oxygen atoms in total. The first-order valence-electron chi connectivity index (χ1n) is 7.45. The third-order valence-electron chi connectivity index (χ3n) is 4.01. The van der Waals surface area contributed by atoms with Gasteiger partial charge in [-0.3, -0.25) is 0 Å². The fourth-order valence-electron chi connectivity index (χ4n) is 2.57. The minimum absolute atomic E-state index is 0.507. The lowest BCUT2D eigenvalue weighted by Crippen LogP contribution is -2.34. The van der Waals surface area contributed by atoms with E-state index in [2.05, 4.69) is 36.2 Å². The first-order valence-corrected chi connectivity index (χ1v) is 7.83. The highest BCUT2D eigenvalue weighted by atomic mass is 35.5. The molecule has 1 atom stereocenters. The smallest absolute Gasteiger partial charge is 0.0406 e. The maximum atomic E-state index is 5.97. The molecule has 1 unspecified atom stereocenters. The minimum atomic E-state index is 0.507. The van der Waals surface area contributed by atoms with Crippen LogP contribution in [0.4, 0.5) is 0 Å². The van der Waals surface area contributed by atoms with E-state index in [4.69, 9.17) is 11.6 Å². The highest BCUT2D eigenvalue weighted by Gasteiger charge is 2.31. The summed E-state index contributed by atoms with van der Waals surface area (Å²) in [7, 11) is 0. The van der Waals surface area contributed by atoms with Crippen molar-refractivity contribution in [3.63, 3.8) is 0 Å². The maximum absolute atomic E-state index is 5.97. The van der Waals surface area contributed by atoms with Crippen LogP contribution in [0.25, 0.3) is 0 Å². The first-order chi connectivity index (χ1) is 9.24. The molecule has 0 bridgehead atoms. The number of halogens is 1. The van der Waals surface area contributed by atoms with Gasteiger partial charge in [0.2, 0.25) is 0 Å². The molecule has 0 amide bonds. The van der Waals surface area contributed by atoms with Crippen molar-refractivity contribution in [3.05, 3.63) is 34.9 Å². The molecule has 1 aliphatic rings. The Balaban J connectivity index is 1.88. The van der Waals surface area contributed by atoms with Crippen molar-refractivity contribution in [2.24, 2.45) is 5.92 Å². The first kappa shape index (κ1) is 14.8. The average molecular weight is 281 g/mol. The molecule has 0 spiro atoms. The maximum Gasteiger partial charge on any atom is 0.0406 e. The number of likely N-dealkylation sites (N-methyl/N-ethyl adjacent to an activating group) is 1. The predicted octanol–water partition coefficient (Wildman–Crippen LogP) is 3.72. The van der Waals surface area contributed by atoms with E-state index in [1.807, 2.05) is 12.1 Å². The van der Waals surface area contributed by atoms with Crippen molar-refractivity contribution in [2.75, 3.05) is 26.2 Å². The lowest BCUT2D eigenvalue weighted by molar-refractivity contribution is 0.293. The molecule has 0 aromatic heterocycles. The molecule has 1 aliphatic carbocycles. The van der Waals surface area contributed by atoms with Crippen LogP contribution >= 0.6 is 11.6 Å². The van der Waals surface area contributed by atoms with Gasteiger partial charge in [0.15, 0.2) is 0 Å². The van der Waals surface area contributed by atoms with E-state index in [1.165, 1.54) is 18.4 Å². The predicted molar refractivity (Wildman–Crippen MR) is 82.7 cm³/mol. The number of hydrogen-bond acceptors (Lipinski definition) is 2. The van der Waals surface area contributed by atoms with Gasteiger partial charge < -0.3 is 10.2 Å². The van der Waals surface area contributed by atoms with Crippen LogP contribution in [0.15, 0.2) is 24.3 Å². The van der Waals surface area contributed by atoms with E-state index < -0.39 is 0 Å². The molecular formula is C16H25ClN2. The normalized spacial score (nSPS) is 16.8. The highest BCUT2D eigenvalue weighted by molar-refractivity contribution is 6.30. The van der Waals surface area contributed by atoms with Gasteiger partial charge in [0.05, 0.1) is 0 Å². The van der Waals surface area contributed by atoms with E-state index in [-0.39, 0.29) is 0 Å². The molecule has 1 saturated carbocycles. The Hall–Kier alpha value is -0.570. The Morgan fingerprint density at radius 3 is 2.37 bits per heavy atom. The van der Waals surface area contributed by atoms with Crippen LogP contribution in [0.2, 0.25) is 5.02 Å². The van der Waals surface area contributed by atoms with Crippen molar-refractivity contribution in [1.29, 1.82) is 0 Å². The zero-order chi connectivity index (χ0) is 13.7. The molecular weight excluding hydrogens is 256 g/mol. The second-order valence-electron chi connectivity index (χ2n) is 5.35. The van der Waals surface area contributed by atoms with Gasteiger partial charge in [-0.15, -0.1) is 0 Å². The topological polar surface area (TPSA) is 15.3 Å². The summed E-state index contributed by atoms with van der Waals surface area (Å²) in [4.78, 5) is 2.46.